The molecular formula is C11H18N2O3S. The molecule has 0 aliphatic heterocycles. The van der Waals surface area contributed by atoms with Gasteiger partial charge in [0.15, 0.2) is 15.6 Å². The second kappa shape index (κ2) is 5.95. The first-order valence-corrected chi connectivity index (χ1v) is 7.56. The number of aromatic nitrogens is 2. The van der Waals surface area contributed by atoms with Crippen LogP contribution in [0, 0.1) is 0 Å². The molecule has 0 unspecified atom stereocenters. The molecule has 0 aliphatic rings. The molecule has 6 heteroatoms. The quantitative estimate of drug-likeness (QED) is 0.691. The van der Waals surface area contributed by atoms with Gasteiger partial charge in [0, 0.05) is 18.4 Å². The van der Waals surface area contributed by atoms with Crippen LogP contribution in [0.3, 0.4) is 0 Å². The Hall–Kier alpha value is -1.17. The van der Waals surface area contributed by atoms with Crippen LogP contribution in [0.4, 0.5) is 0 Å². The smallest absolute Gasteiger partial charge is 0.165 e. The number of sulfone groups is 1. The summed E-state index contributed by atoms with van der Waals surface area (Å²) in [7, 11) is -2.99. The molecule has 0 fully saturated rings. The summed E-state index contributed by atoms with van der Waals surface area (Å²) in [5, 5.41) is 3.98. The van der Waals surface area contributed by atoms with Crippen LogP contribution in [-0.4, -0.2) is 35.5 Å². The molecule has 0 saturated carbocycles. The van der Waals surface area contributed by atoms with E-state index < -0.39 is 9.84 Å². The molecule has 96 valence electrons. The number of carbonyl (C=O) groups excluding carboxylic acids is 1. The number of rotatable bonds is 7. The van der Waals surface area contributed by atoms with E-state index in [4.69, 9.17) is 0 Å². The maximum absolute atomic E-state index is 11.5. The van der Waals surface area contributed by atoms with Crippen LogP contribution in [0.1, 0.15) is 37.0 Å². The molecule has 1 rings (SSSR count). The number of hydrogen-bond acceptors (Lipinski definition) is 4. The molecule has 0 N–H and O–H groups in total. The summed E-state index contributed by atoms with van der Waals surface area (Å²) in [5.74, 6) is 0.296. The largest absolute Gasteiger partial charge is 0.294 e. The lowest BCUT2D eigenvalue weighted by Crippen LogP contribution is -2.16. The van der Waals surface area contributed by atoms with Gasteiger partial charge in [0.25, 0.3) is 0 Å². The minimum absolute atomic E-state index is 0.0210. The zero-order valence-electron chi connectivity index (χ0n) is 10.2. The molecule has 1 aromatic heterocycles. The highest BCUT2D eigenvalue weighted by atomic mass is 32.2. The summed E-state index contributed by atoms with van der Waals surface area (Å²) in [6.07, 6.45) is 4.15. The predicted molar refractivity (Wildman–Crippen MR) is 65.8 cm³/mol. The second-order valence-corrected chi connectivity index (χ2v) is 6.22. The third-order valence-electron chi connectivity index (χ3n) is 2.42. The third kappa shape index (κ3) is 4.30. The van der Waals surface area contributed by atoms with Crippen molar-refractivity contribution in [3.05, 3.63) is 18.0 Å². The summed E-state index contributed by atoms with van der Waals surface area (Å²) in [6.45, 7) is 3.92. The van der Waals surface area contributed by atoms with Crippen molar-refractivity contribution < 1.29 is 13.2 Å². The molecule has 0 atom stereocenters. The SMILES string of the molecule is CCCS(=O)(=O)CCn1cc(C(=O)CC)cn1. The number of carbonyl (C=O) groups is 1. The van der Waals surface area contributed by atoms with Gasteiger partial charge in [0.2, 0.25) is 0 Å². The summed E-state index contributed by atoms with van der Waals surface area (Å²) in [6, 6.07) is 0. The van der Waals surface area contributed by atoms with E-state index in [0.29, 0.717) is 24.9 Å². The summed E-state index contributed by atoms with van der Waals surface area (Å²) in [5.41, 5.74) is 0.542. The van der Waals surface area contributed by atoms with Crippen LogP contribution in [0.15, 0.2) is 12.4 Å². The Morgan fingerprint density at radius 3 is 2.65 bits per heavy atom. The fraction of sp³-hybridized carbons (Fsp3) is 0.636. The Balaban J connectivity index is 2.59. The van der Waals surface area contributed by atoms with E-state index in [2.05, 4.69) is 5.10 Å². The molecule has 0 spiro atoms. The highest BCUT2D eigenvalue weighted by molar-refractivity contribution is 7.91. The predicted octanol–water partition coefficient (Wildman–Crippen LogP) is 1.30. The van der Waals surface area contributed by atoms with Crippen molar-refractivity contribution in [3.63, 3.8) is 0 Å². The lowest BCUT2D eigenvalue weighted by Gasteiger charge is -2.02. The van der Waals surface area contributed by atoms with Gasteiger partial charge in [-0.2, -0.15) is 5.10 Å². The molecule has 0 amide bonds. The summed E-state index contributed by atoms with van der Waals surface area (Å²) >= 11 is 0. The van der Waals surface area contributed by atoms with Crippen molar-refractivity contribution in [2.45, 2.75) is 33.2 Å². The Kier molecular flexibility index (Phi) is 4.86. The summed E-state index contributed by atoms with van der Waals surface area (Å²) in [4.78, 5) is 11.4. The second-order valence-electron chi connectivity index (χ2n) is 3.92. The Morgan fingerprint density at radius 2 is 2.06 bits per heavy atom. The number of Topliss-reactive ketones (excluding diaryl/α,β-unsaturated/α-hetero) is 1. The Morgan fingerprint density at radius 1 is 1.35 bits per heavy atom. The van der Waals surface area contributed by atoms with Crippen LogP contribution in [-0.2, 0) is 16.4 Å². The molecule has 1 aromatic rings. The normalized spacial score (nSPS) is 11.6. The van der Waals surface area contributed by atoms with Gasteiger partial charge in [0.1, 0.15) is 0 Å². The zero-order chi connectivity index (χ0) is 12.9. The molecule has 0 aliphatic carbocycles. The van der Waals surface area contributed by atoms with Gasteiger partial charge in [-0.15, -0.1) is 0 Å². The van der Waals surface area contributed by atoms with E-state index in [-0.39, 0.29) is 17.3 Å². The number of aryl methyl sites for hydroxylation is 1. The van der Waals surface area contributed by atoms with Crippen LogP contribution < -0.4 is 0 Å². The van der Waals surface area contributed by atoms with Gasteiger partial charge in [0.05, 0.1) is 24.1 Å². The molecule has 17 heavy (non-hydrogen) atoms. The summed E-state index contributed by atoms with van der Waals surface area (Å²) < 4.78 is 24.5. The Labute approximate surface area is 102 Å². The van der Waals surface area contributed by atoms with Crippen molar-refractivity contribution in [1.82, 2.24) is 9.78 Å². The number of ketones is 1. The van der Waals surface area contributed by atoms with Gasteiger partial charge in [-0.05, 0) is 6.42 Å². The van der Waals surface area contributed by atoms with Crippen molar-refractivity contribution in [2.24, 2.45) is 0 Å². The zero-order valence-corrected chi connectivity index (χ0v) is 11.0. The average Bonchev–Trinajstić information content (AvgIpc) is 2.74. The highest BCUT2D eigenvalue weighted by Gasteiger charge is 2.11. The topological polar surface area (TPSA) is 69.0 Å². The minimum atomic E-state index is -2.99. The molecule has 1 heterocycles. The van der Waals surface area contributed by atoms with E-state index in [9.17, 15) is 13.2 Å². The van der Waals surface area contributed by atoms with Gasteiger partial charge in [-0.25, -0.2) is 8.42 Å². The minimum Gasteiger partial charge on any atom is -0.294 e. The van der Waals surface area contributed by atoms with E-state index in [1.165, 1.54) is 10.9 Å². The van der Waals surface area contributed by atoms with Crippen LogP contribution >= 0.6 is 0 Å². The molecule has 5 nitrogen and oxygen atoms in total. The Bertz CT molecular complexity index is 477. The van der Waals surface area contributed by atoms with Crippen molar-refractivity contribution in [2.75, 3.05) is 11.5 Å². The number of hydrogen-bond donors (Lipinski definition) is 0. The van der Waals surface area contributed by atoms with Gasteiger partial charge >= 0.3 is 0 Å². The average molecular weight is 258 g/mol. The van der Waals surface area contributed by atoms with E-state index in [0.717, 1.165) is 0 Å². The van der Waals surface area contributed by atoms with Crippen LogP contribution in [0.25, 0.3) is 0 Å². The van der Waals surface area contributed by atoms with Crippen LogP contribution in [0.2, 0.25) is 0 Å². The first-order chi connectivity index (χ1) is 7.98. The number of nitrogens with zero attached hydrogens (tertiary/aromatic N) is 2. The molecule has 0 bridgehead atoms. The van der Waals surface area contributed by atoms with Crippen molar-refractivity contribution >= 4 is 15.6 Å². The fourth-order valence-corrected chi connectivity index (χ4v) is 2.77. The van der Waals surface area contributed by atoms with E-state index in [1.807, 2.05) is 6.92 Å². The van der Waals surface area contributed by atoms with E-state index in [1.54, 1.807) is 13.1 Å². The fourth-order valence-electron chi connectivity index (χ4n) is 1.48. The van der Waals surface area contributed by atoms with E-state index >= 15 is 0 Å². The highest BCUT2D eigenvalue weighted by Crippen LogP contribution is 2.03. The van der Waals surface area contributed by atoms with Crippen LogP contribution in [0.5, 0.6) is 0 Å². The first-order valence-electron chi connectivity index (χ1n) is 5.74. The molecule has 0 saturated heterocycles. The lowest BCUT2D eigenvalue weighted by molar-refractivity contribution is 0.0988. The molecular weight excluding hydrogens is 240 g/mol. The molecule has 0 radical (unpaired) electrons. The maximum Gasteiger partial charge on any atom is 0.165 e. The first kappa shape index (κ1) is 13.9. The standard InChI is InChI=1S/C11H18N2O3S/c1-3-6-17(15,16)7-5-13-9-10(8-12-13)11(14)4-2/h8-9H,3-7H2,1-2H3. The van der Waals surface area contributed by atoms with Gasteiger partial charge < -0.3 is 0 Å². The van der Waals surface area contributed by atoms with Crippen molar-refractivity contribution in [1.29, 1.82) is 0 Å². The molecule has 0 aromatic carbocycles. The van der Waals surface area contributed by atoms with Gasteiger partial charge in [-0.1, -0.05) is 13.8 Å². The third-order valence-corrected chi connectivity index (χ3v) is 4.26. The maximum atomic E-state index is 11.5. The van der Waals surface area contributed by atoms with Gasteiger partial charge in [-0.3, -0.25) is 9.48 Å². The lowest BCUT2D eigenvalue weighted by atomic mass is 10.2. The monoisotopic (exact) mass is 258 g/mol. The van der Waals surface area contributed by atoms with Crippen molar-refractivity contribution in [3.8, 4) is 0 Å².